The molecule has 0 aromatic rings. The first-order chi connectivity index (χ1) is 6.08. The first-order valence-corrected chi connectivity index (χ1v) is 6.78. The second-order valence-electron chi connectivity index (χ2n) is 3.37. The second-order valence-corrected chi connectivity index (χ2v) is 7.23. The minimum atomic E-state index is -2.12. The highest BCUT2D eigenvalue weighted by atomic mass is 28.4. The SMILES string of the molecule is CCN(CC)[Si](OC)(OC)C(C)C. The Morgan fingerprint density at radius 1 is 1.08 bits per heavy atom. The first-order valence-electron chi connectivity index (χ1n) is 4.94. The van der Waals surface area contributed by atoms with Crippen molar-refractivity contribution in [2.45, 2.75) is 33.2 Å². The summed E-state index contributed by atoms with van der Waals surface area (Å²) in [4.78, 5) is 0. The molecule has 0 heterocycles. The van der Waals surface area contributed by atoms with Crippen LogP contribution in [-0.4, -0.2) is 40.6 Å². The van der Waals surface area contributed by atoms with Crippen molar-refractivity contribution in [3.8, 4) is 0 Å². The Balaban J connectivity index is 4.71. The van der Waals surface area contributed by atoms with E-state index in [0.29, 0.717) is 5.54 Å². The number of rotatable bonds is 6. The fourth-order valence-corrected chi connectivity index (χ4v) is 5.08. The van der Waals surface area contributed by atoms with Gasteiger partial charge in [0.05, 0.1) is 0 Å². The lowest BCUT2D eigenvalue weighted by Crippen LogP contribution is -2.59. The second kappa shape index (κ2) is 5.75. The molecule has 0 bridgehead atoms. The normalized spacial score (nSPS) is 12.9. The van der Waals surface area contributed by atoms with E-state index in [1.165, 1.54) is 0 Å². The van der Waals surface area contributed by atoms with Crippen LogP contribution >= 0.6 is 0 Å². The molecule has 0 saturated carbocycles. The van der Waals surface area contributed by atoms with Crippen LogP contribution < -0.4 is 0 Å². The lowest BCUT2D eigenvalue weighted by molar-refractivity contribution is 0.158. The predicted molar refractivity (Wildman–Crippen MR) is 57.8 cm³/mol. The third kappa shape index (κ3) is 2.53. The Morgan fingerprint density at radius 3 is 1.54 bits per heavy atom. The fourth-order valence-electron chi connectivity index (χ4n) is 1.84. The van der Waals surface area contributed by atoms with Gasteiger partial charge in [0.25, 0.3) is 0 Å². The molecule has 0 aliphatic heterocycles. The smallest absolute Gasteiger partial charge is 0.386 e. The lowest BCUT2D eigenvalue weighted by Gasteiger charge is -2.39. The zero-order valence-electron chi connectivity index (χ0n) is 9.76. The zero-order chi connectivity index (χ0) is 10.5. The first kappa shape index (κ1) is 13.1. The largest absolute Gasteiger partial charge is 0.429 e. The Kier molecular flexibility index (Phi) is 5.79. The van der Waals surface area contributed by atoms with Crippen LogP contribution in [-0.2, 0) is 8.85 Å². The Hall–Kier alpha value is 0.0969. The van der Waals surface area contributed by atoms with Crippen molar-refractivity contribution in [2.75, 3.05) is 27.3 Å². The van der Waals surface area contributed by atoms with Crippen LogP contribution in [0.15, 0.2) is 0 Å². The monoisotopic (exact) mass is 205 g/mol. The number of hydrogen-bond donors (Lipinski definition) is 0. The van der Waals surface area contributed by atoms with Crippen LogP contribution in [0.25, 0.3) is 0 Å². The molecule has 0 saturated heterocycles. The highest BCUT2D eigenvalue weighted by Crippen LogP contribution is 2.25. The number of nitrogens with zero attached hydrogens (tertiary/aromatic N) is 1. The molecule has 80 valence electrons. The molecule has 0 radical (unpaired) electrons. The lowest BCUT2D eigenvalue weighted by atomic mass is 10.6. The van der Waals surface area contributed by atoms with Crippen molar-refractivity contribution in [2.24, 2.45) is 0 Å². The quantitative estimate of drug-likeness (QED) is 0.619. The molecule has 3 nitrogen and oxygen atoms in total. The summed E-state index contributed by atoms with van der Waals surface area (Å²) in [5, 5.41) is 0. The molecule has 0 aliphatic carbocycles. The van der Waals surface area contributed by atoms with Crippen molar-refractivity contribution < 1.29 is 8.85 Å². The van der Waals surface area contributed by atoms with Gasteiger partial charge in [-0.15, -0.1) is 0 Å². The van der Waals surface area contributed by atoms with Crippen LogP contribution in [0.2, 0.25) is 5.54 Å². The van der Waals surface area contributed by atoms with Gasteiger partial charge in [0.2, 0.25) is 0 Å². The molecule has 0 amide bonds. The number of hydrogen-bond acceptors (Lipinski definition) is 3. The Morgan fingerprint density at radius 2 is 1.46 bits per heavy atom. The van der Waals surface area contributed by atoms with Gasteiger partial charge in [0.15, 0.2) is 0 Å². The van der Waals surface area contributed by atoms with Gasteiger partial charge in [0, 0.05) is 19.8 Å². The minimum Gasteiger partial charge on any atom is -0.386 e. The van der Waals surface area contributed by atoms with Crippen molar-refractivity contribution >= 4 is 8.72 Å². The molecule has 13 heavy (non-hydrogen) atoms. The van der Waals surface area contributed by atoms with E-state index < -0.39 is 8.72 Å². The summed E-state index contributed by atoms with van der Waals surface area (Å²) in [5.41, 5.74) is 0.447. The third-order valence-corrected chi connectivity index (χ3v) is 6.66. The average Bonchev–Trinajstić information content (AvgIpc) is 2.13. The van der Waals surface area contributed by atoms with E-state index in [2.05, 4.69) is 32.3 Å². The molecule has 0 N–H and O–H groups in total. The van der Waals surface area contributed by atoms with Gasteiger partial charge < -0.3 is 8.85 Å². The van der Waals surface area contributed by atoms with Crippen LogP contribution in [0, 0.1) is 0 Å². The van der Waals surface area contributed by atoms with E-state index in [4.69, 9.17) is 8.85 Å². The van der Waals surface area contributed by atoms with Gasteiger partial charge in [-0.2, -0.15) is 0 Å². The molecule has 0 aliphatic rings. The van der Waals surface area contributed by atoms with Crippen molar-refractivity contribution in [3.63, 3.8) is 0 Å². The highest BCUT2D eigenvalue weighted by molar-refractivity contribution is 6.65. The van der Waals surface area contributed by atoms with Crippen LogP contribution in [0.1, 0.15) is 27.7 Å². The maximum atomic E-state index is 5.64. The van der Waals surface area contributed by atoms with E-state index in [-0.39, 0.29) is 0 Å². The molecule has 0 fully saturated rings. The standard InChI is InChI=1S/C9H23NO2Si/c1-7-10(8-2)13(11-5,12-6)9(3)4/h9H,7-8H2,1-6H3. The molecule has 4 heteroatoms. The molecule has 0 aromatic heterocycles. The van der Waals surface area contributed by atoms with Gasteiger partial charge in [-0.3, -0.25) is 4.57 Å². The van der Waals surface area contributed by atoms with Crippen molar-refractivity contribution in [1.29, 1.82) is 0 Å². The Labute approximate surface area is 83.4 Å². The summed E-state index contributed by atoms with van der Waals surface area (Å²) in [5.74, 6) is 0. The van der Waals surface area contributed by atoms with E-state index >= 15 is 0 Å². The maximum Gasteiger partial charge on any atom is 0.429 e. The predicted octanol–water partition coefficient (Wildman–Crippen LogP) is 1.97. The topological polar surface area (TPSA) is 21.7 Å². The van der Waals surface area contributed by atoms with Gasteiger partial charge >= 0.3 is 8.72 Å². The zero-order valence-corrected chi connectivity index (χ0v) is 10.8. The van der Waals surface area contributed by atoms with Crippen LogP contribution in [0.3, 0.4) is 0 Å². The molecule has 0 spiro atoms. The van der Waals surface area contributed by atoms with Crippen molar-refractivity contribution in [3.05, 3.63) is 0 Å². The summed E-state index contributed by atoms with van der Waals surface area (Å²) < 4.78 is 13.6. The summed E-state index contributed by atoms with van der Waals surface area (Å²) in [7, 11) is 1.40. The van der Waals surface area contributed by atoms with E-state index in [1.807, 2.05) is 0 Å². The van der Waals surface area contributed by atoms with Crippen LogP contribution in [0.4, 0.5) is 0 Å². The minimum absolute atomic E-state index is 0.447. The van der Waals surface area contributed by atoms with Gasteiger partial charge in [0.1, 0.15) is 0 Å². The van der Waals surface area contributed by atoms with E-state index in [9.17, 15) is 0 Å². The molecule has 0 rings (SSSR count). The summed E-state index contributed by atoms with van der Waals surface area (Å²) in [6.45, 7) is 10.6. The van der Waals surface area contributed by atoms with E-state index in [0.717, 1.165) is 13.1 Å². The maximum absolute atomic E-state index is 5.64. The summed E-state index contributed by atoms with van der Waals surface area (Å²) >= 11 is 0. The van der Waals surface area contributed by atoms with Crippen LogP contribution in [0.5, 0.6) is 0 Å². The summed E-state index contributed by atoms with van der Waals surface area (Å²) in [6, 6.07) is 0. The van der Waals surface area contributed by atoms with Gasteiger partial charge in [-0.25, -0.2) is 0 Å². The van der Waals surface area contributed by atoms with E-state index in [1.54, 1.807) is 14.2 Å². The molecule has 0 unspecified atom stereocenters. The molecule has 0 atom stereocenters. The van der Waals surface area contributed by atoms with Gasteiger partial charge in [-0.1, -0.05) is 27.7 Å². The fraction of sp³-hybridized carbons (Fsp3) is 1.00. The molecule has 0 aromatic carbocycles. The molecular formula is C9H23NO2Si. The van der Waals surface area contributed by atoms with Crippen molar-refractivity contribution in [1.82, 2.24) is 4.57 Å². The summed E-state index contributed by atoms with van der Waals surface area (Å²) in [6.07, 6.45) is 0. The third-order valence-electron chi connectivity index (χ3n) is 2.52. The van der Waals surface area contributed by atoms with Gasteiger partial charge in [-0.05, 0) is 13.1 Å². The Bertz CT molecular complexity index is 134. The molecular weight excluding hydrogens is 182 g/mol. The average molecular weight is 205 g/mol. The highest BCUT2D eigenvalue weighted by Gasteiger charge is 2.45.